The van der Waals surface area contributed by atoms with E-state index in [2.05, 4.69) is 22.2 Å². The zero-order valence-corrected chi connectivity index (χ0v) is 10.4. The number of hydrogen-bond donors (Lipinski definition) is 1. The molecule has 0 spiro atoms. The fourth-order valence-corrected chi connectivity index (χ4v) is 2.18. The smallest absolute Gasteiger partial charge is 0.137 e. The molecule has 0 radical (unpaired) electrons. The number of nitrogens with one attached hydrogen (secondary N) is 1. The molecule has 0 bridgehead atoms. The normalized spacial score (nSPS) is 15.9. The van der Waals surface area contributed by atoms with E-state index in [0.717, 1.165) is 36.7 Å². The van der Waals surface area contributed by atoms with E-state index in [1.807, 2.05) is 0 Å². The van der Waals surface area contributed by atoms with Crippen LogP contribution in [0.3, 0.4) is 0 Å². The first kappa shape index (κ1) is 11.6. The number of hydrogen-bond acceptors (Lipinski definition) is 3. The van der Waals surface area contributed by atoms with Gasteiger partial charge in [-0.1, -0.05) is 31.4 Å². The average molecular weight is 240 g/mol. The number of halogens is 1. The average Bonchev–Trinajstić information content (AvgIpc) is 2.20. The minimum atomic E-state index is 0.591. The van der Waals surface area contributed by atoms with Crippen molar-refractivity contribution in [3.63, 3.8) is 0 Å². The lowest BCUT2D eigenvalue weighted by Crippen LogP contribution is -2.22. The second kappa shape index (κ2) is 5.48. The third kappa shape index (κ3) is 2.64. The molecular weight excluding hydrogens is 222 g/mol. The van der Waals surface area contributed by atoms with Gasteiger partial charge in [0, 0.05) is 12.1 Å². The predicted molar refractivity (Wildman–Crippen MR) is 66.9 cm³/mol. The van der Waals surface area contributed by atoms with E-state index in [-0.39, 0.29) is 0 Å². The summed E-state index contributed by atoms with van der Waals surface area (Å²) in [5.41, 5.74) is 1.06. The van der Waals surface area contributed by atoms with Gasteiger partial charge in [0.05, 0.1) is 0 Å². The van der Waals surface area contributed by atoms with E-state index in [4.69, 9.17) is 11.6 Å². The quantitative estimate of drug-likeness (QED) is 0.802. The summed E-state index contributed by atoms with van der Waals surface area (Å²) in [6, 6.07) is 0. The van der Waals surface area contributed by atoms with Crippen LogP contribution >= 0.6 is 11.6 Å². The molecule has 1 aromatic rings. The van der Waals surface area contributed by atoms with Crippen molar-refractivity contribution in [3.8, 4) is 0 Å². The fourth-order valence-electron chi connectivity index (χ4n) is 1.95. The lowest BCUT2D eigenvalue weighted by atomic mass is 9.85. The topological polar surface area (TPSA) is 37.8 Å². The largest absolute Gasteiger partial charge is 0.369 e. The van der Waals surface area contributed by atoms with E-state index >= 15 is 0 Å². The van der Waals surface area contributed by atoms with Crippen LogP contribution in [-0.2, 0) is 6.42 Å². The third-order valence-corrected chi connectivity index (χ3v) is 3.50. The molecule has 1 heterocycles. The third-order valence-electron chi connectivity index (χ3n) is 3.18. The zero-order chi connectivity index (χ0) is 11.4. The Hall–Kier alpha value is -0.830. The molecule has 1 saturated carbocycles. The second-order valence-electron chi connectivity index (χ2n) is 4.42. The van der Waals surface area contributed by atoms with Crippen molar-refractivity contribution in [1.29, 1.82) is 0 Å². The number of anilines is 1. The Bertz CT molecular complexity index is 350. The van der Waals surface area contributed by atoms with Gasteiger partial charge in [0.15, 0.2) is 0 Å². The molecule has 3 nitrogen and oxygen atoms in total. The Morgan fingerprint density at radius 3 is 2.88 bits per heavy atom. The molecule has 88 valence electrons. The first-order valence-electron chi connectivity index (χ1n) is 6.04. The van der Waals surface area contributed by atoms with E-state index in [9.17, 15) is 0 Å². The maximum Gasteiger partial charge on any atom is 0.137 e. The molecule has 1 aliphatic carbocycles. The van der Waals surface area contributed by atoms with Crippen LogP contribution < -0.4 is 5.32 Å². The Kier molecular flexibility index (Phi) is 3.99. The molecule has 16 heavy (non-hydrogen) atoms. The van der Waals surface area contributed by atoms with E-state index in [1.165, 1.54) is 25.6 Å². The molecular formula is C12H18ClN3. The van der Waals surface area contributed by atoms with Gasteiger partial charge in [-0.3, -0.25) is 0 Å². The van der Waals surface area contributed by atoms with Gasteiger partial charge in [-0.2, -0.15) is 0 Å². The van der Waals surface area contributed by atoms with Crippen molar-refractivity contribution in [3.05, 3.63) is 17.0 Å². The Balaban J connectivity index is 2.02. The Morgan fingerprint density at radius 2 is 2.25 bits per heavy atom. The Labute approximate surface area is 102 Å². The van der Waals surface area contributed by atoms with Gasteiger partial charge < -0.3 is 5.32 Å². The van der Waals surface area contributed by atoms with Crippen molar-refractivity contribution in [2.75, 3.05) is 11.9 Å². The molecule has 1 fully saturated rings. The fraction of sp³-hybridized carbons (Fsp3) is 0.667. The van der Waals surface area contributed by atoms with Crippen molar-refractivity contribution in [1.82, 2.24) is 9.97 Å². The summed E-state index contributed by atoms with van der Waals surface area (Å²) in [5, 5.41) is 4.00. The van der Waals surface area contributed by atoms with Gasteiger partial charge in [-0.25, -0.2) is 9.97 Å². The summed E-state index contributed by atoms with van der Waals surface area (Å²) < 4.78 is 0. The van der Waals surface area contributed by atoms with Crippen LogP contribution in [0.4, 0.5) is 5.82 Å². The van der Waals surface area contributed by atoms with Crippen molar-refractivity contribution < 1.29 is 0 Å². The van der Waals surface area contributed by atoms with Crippen molar-refractivity contribution in [2.45, 2.75) is 39.0 Å². The molecule has 0 atom stereocenters. The van der Waals surface area contributed by atoms with Crippen LogP contribution in [0, 0.1) is 5.92 Å². The molecule has 2 rings (SSSR count). The summed E-state index contributed by atoms with van der Waals surface area (Å²) in [6.07, 6.45) is 7.59. The van der Waals surface area contributed by atoms with Crippen LogP contribution in [0.2, 0.25) is 5.15 Å². The van der Waals surface area contributed by atoms with Gasteiger partial charge >= 0.3 is 0 Å². The zero-order valence-electron chi connectivity index (χ0n) is 9.67. The number of rotatable bonds is 5. The highest BCUT2D eigenvalue weighted by Crippen LogP contribution is 2.27. The SMILES string of the molecule is CCCc1c(Cl)ncnc1NCC1CCC1. The summed E-state index contributed by atoms with van der Waals surface area (Å²) >= 11 is 6.08. The molecule has 0 saturated heterocycles. The Morgan fingerprint density at radius 1 is 1.44 bits per heavy atom. The molecule has 1 aromatic heterocycles. The van der Waals surface area contributed by atoms with E-state index in [0.29, 0.717) is 5.15 Å². The highest BCUT2D eigenvalue weighted by atomic mass is 35.5. The molecule has 1 aliphatic rings. The molecule has 0 amide bonds. The van der Waals surface area contributed by atoms with Crippen LogP contribution in [0.25, 0.3) is 0 Å². The monoisotopic (exact) mass is 239 g/mol. The maximum absolute atomic E-state index is 6.08. The van der Waals surface area contributed by atoms with Crippen LogP contribution in [-0.4, -0.2) is 16.5 Å². The van der Waals surface area contributed by atoms with Crippen LogP contribution in [0.1, 0.15) is 38.2 Å². The minimum Gasteiger partial charge on any atom is -0.369 e. The van der Waals surface area contributed by atoms with Gasteiger partial charge in [0.25, 0.3) is 0 Å². The minimum absolute atomic E-state index is 0.591. The van der Waals surface area contributed by atoms with Gasteiger partial charge in [-0.15, -0.1) is 0 Å². The first-order valence-corrected chi connectivity index (χ1v) is 6.42. The second-order valence-corrected chi connectivity index (χ2v) is 4.78. The van der Waals surface area contributed by atoms with E-state index < -0.39 is 0 Å². The van der Waals surface area contributed by atoms with Crippen molar-refractivity contribution >= 4 is 17.4 Å². The van der Waals surface area contributed by atoms with Crippen molar-refractivity contribution in [2.24, 2.45) is 5.92 Å². The number of nitrogens with zero attached hydrogens (tertiary/aromatic N) is 2. The highest BCUT2D eigenvalue weighted by molar-refractivity contribution is 6.30. The van der Waals surface area contributed by atoms with Crippen LogP contribution in [0.15, 0.2) is 6.33 Å². The summed E-state index contributed by atoms with van der Waals surface area (Å²) in [6.45, 7) is 3.16. The molecule has 0 aromatic carbocycles. The molecule has 1 N–H and O–H groups in total. The van der Waals surface area contributed by atoms with Gasteiger partial charge in [0.1, 0.15) is 17.3 Å². The van der Waals surface area contributed by atoms with Crippen LogP contribution in [0.5, 0.6) is 0 Å². The summed E-state index contributed by atoms with van der Waals surface area (Å²) in [5.74, 6) is 1.75. The molecule has 0 aliphatic heterocycles. The highest BCUT2D eigenvalue weighted by Gasteiger charge is 2.18. The lowest BCUT2D eigenvalue weighted by molar-refractivity contribution is 0.333. The predicted octanol–water partition coefficient (Wildman–Crippen LogP) is 3.29. The summed E-state index contributed by atoms with van der Waals surface area (Å²) in [4.78, 5) is 8.32. The maximum atomic E-state index is 6.08. The standard InChI is InChI=1S/C12H18ClN3/c1-2-4-10-11(13)15-8-16-12(10)14-7-9-5-3-6-9/h8-9H,2-7H2,1H3,(H,14,15,16). The molecule has 4 heteroatoms. The lowest BCUT2D eigenvalue weighted by Gasteiger charge is -2.26. The number of aromatic nitrogens is 2. The van der Waals surface area contributed by atoms with E-state index in [1.54, 1.807) is 0 Å². The summed E-state index contributed by atoms with van der Waals surface area (Å²) in [7, 11) is 0. The van der Waals surface area contributed by atoms with Gasteiger partial charge in [-0.05, 0) is 25.2 Å². The van der Waals surface area contributed by atoms with Gasteiger partial charge in [0.2, 0.25) is 0 Å². The molecule has 0 unspecified atom stereocenters. The first-order chi connectivity index (χ1) is 7.81.